The number of nitrogens with one attached hydrogen (secondary N) is 1. The highest BCUT2D eigenvalue weighted by Crippen LogP contribution is 2.28. The molecule has 2 aromatic heterocycles. The number of amides is 2. The molecule has 8 nitrogen and oxygen atoms in total. The van der Waals surface area contributed by atoms with Crippen molar-refractivity contribution in [2.75, 3.05) is 23.9 Å². The van der Waals surface area contributed by atoms with E-state index in [1.807, 2.05) is 18.2 Å². The van der Waals surface area contributed by atoms with Crippen LogP contribution in [0.15, 0.2) is 61.3 Å². The van der Waals surface area contributed by atoms with Gasteiger partial charge in [-0.25, -0.2) is 9.97 Å². The van der Waals surface area contributed by atoms with E-state index in [0.717, 1.165) is 5.69 Å². The number of nitrogens with zero attached hydrogens (tertiary/aromatic N) is 4. The summed E-state index contributed by atoms with van der Waals surface area (Å²) in [6.07, 6.45) is 6.87. The highest BCUT2D eigenvalue weighted by atomic mass is 16.5. The molecule has 142 valence electrons. The third kappa shape index (κ3) is 3.57. The second-order valence-corrected chi connectivity index (χ2v) is 6.47. The number of ether oxygens (including phenoxy) is 1. The van der Waals surface area contributed by atoms with Crippen LogP contribution >= 0.6 is 0 Å². The number of imidazole rings is 1. The number of pyridine rings is 1. The second kappa shape index (κ2) is 7.51. The fourth-order valence-electron chi connectivity index (χ4n) is 3.16. The van der Waals surface area contributed by atoms with Gasteiger partial charge in [-0.3, -0.25) is 14.2 Å². The Hall–Kier alpha value is -3.68. The van der Waals surface area contributed by atoms with E-state index in [1.54, 1.807) is 59.7 Å². The standard InChI is InChI=1S/C20H19N5O3/c1-28-17-4-2-3-16(10-17)25-12-14(9-19(25)26)20(27)23-15-5-6-18(22-11-15)24-8-7-21-13-24/h2-8,10-11,13-14H,9,12H2,1H3,(H,23,27). The number of carbonyl (C=O) groups is 2. The monoisotopic (exact) mass is 377 g/mol. The number of aromatic nitrogens is 3. The number of hydrogen-bond donors (Lipinski definition) is 1. The molecule has 0 bridgehead atoms. The largest absolute Gasteiger partial charge is 0.497 e. The molecule has 1 unspecified atom stereocenters. The van der Waals surface area contributed by atoms with Crippen molar-refractivity contribution in [3.05, 3.63) is 61.3 Å². The first-order valence-corrected chi connectivity index (χ1v) is 8.84. The second-order valence-electron chi connectivity index (χ2n) is 6.47. The average Bonchev–Trinajstić information content (AvgIpc) is 3.39. The van der Waals surface area contributed by atoms with Gasteiger partial charge < -0.3 is 15.0 Å². The first-order chi connectivity index (χ1) is 13.6. The molecule has 1 atom stereocenters. The first-order valence-electron chi connectivity index (χ1n) is 8.84. The molecule has 8 heteroatoms. The third-order valence-electron chi connectivity index (χ3n) is 4.65. The topological polar surface area (TPSA) is 89.3 Å². The Bertz CT molecular complexity index is 985. The lowest BCUT2D eigenvalue weighted by Gasteiger charge is -2.17. The number of methoxy groups -OCH3 is 1. The molecule has 28 heavy (non-hydrogen) atoms. The summed E-state index contributed by atoms with van der Waals surface area (Å²) in [5, 5.41) is 2.84. The van der Waals surface area contributed by atoms with Crippen molar-refractivity contribution in [3.63, 3.8) is 0 Å². The van der Waals surface area contributed by atoms with Crippen LogP contribution in [-0.2, 0) is 9.59 Å². The van der Waals surface area contributed by atoms with E-state index < -0.39 is 5.92 Å². The third-order valence-corrected chi connectivity index (χ3v) is 4.65. The molecule has 1 N–H and O–H groups in total. The van der Waals surface area contributed by atoms with Crippen LogP contribution in [0.3, 0.4) is 0 Å². The number of hydrogen-bond acceptors (Lipinski definition) is 5. The highest BCUT2D eigenvalue weighted by Gasteiger charge is 2.35. The van der Waals surface area contributed by atoms with Gasteiger partial charge in [-0.1, -0.05) is 6.07 Å². The highest BCUT2D eigenvalue weighted by molar-refractivity contribution is 6.03. The van der Waals surface area contributed by atoms with E-state index in [9.17, 15) is 9.59 Å². The minimum atomic E-state index is -0.424. The van der Waals surface area contributed by atoms with Crippen molar-refractivity contribution in [2.24, 2.45) is 5.92 Å². The lowest BCUT2D eigenvalue weighted by molar-refractivity contribution is -0.122. The molecular formula is C20H19N5O3. The molecule has 0 spiro atoms. The lowest BCUT2D eigenvalue weighted by atomic mass is 10.1. The van der Waals surface area contributed by atoms with Crippen molar-refractivity contribution in [1.82, 2.24) is 14.5 Å². The first kappa shape index (κ1) is 17.7. The maximum Gasteiger partial charge on any atom is 0.229 e. The molecule has 0 saturated carbocycles. The zero-order valence-electron chi connectivity index (χ0n) is 15.3. The Morgan fingerprint density at radius 1 is 1.29 bits per heavy atom. The van der Waals surface area contributed by atoms with Gasteiger partial charge in [0.25, 0.3) is 0 Å². The predicted molar refractivity (Wildman–Crippen MR) is 103 cm³/mol. The van der Waals surface area contributed by atoms with Gasteiger partial charge >= 0.3 is 0 Å². The van der Waals surface area contributed by atoms with Crippen LogP contribution in [-0.4, -0.2) is 40.0 Å². The molecular weight excluding hydrogens is 358 g/mol. The molecule has 1 aliphatic heterocycles. The summed E-state index contributed by atoms with van der Waals surface area (Å²) >= 11 is 0. The van der Waals surface area contributed by atoms with Gasteiger partial charge in [0.1, 0.15) is 17.9 Å². The maximum atomic E-state index is 12.6. The van der Waals surface area contributed by atoms with Gasteiger partial charge in [-0.05, 0) is 24.3 Å². The van der Waals surface area contributed by atoms with Gasteiger partial charge in [0.15, 0.2) is 0 Å². The van der Waals surface area contributed by atoms with Crippen molar-refractivity contribution in [2.45, 2.75) is 6.42 Å². The molecule has 3 aromatic rings. The Morgan fingerprint density at radius 3 is 2.89 bits per heavy atom. The Balaban J connectivity index is 1.42. The molecule has 1 saturated heterocycles. The number of anilines is 2. The summed E-state index contributed by atoms with van der Waals surface area (Å²) in [5.74, 6) is 0.669. The fourth-order valence-corrected chi connectivity index (χ4v) is 3.16. The Labute approximate surface area is 161 Å². The van der Waals surface area contributed by atoms with Crippen molar-refractivity contribution >= 4 is 23.2 Å². The smallest absolute Gasteiger partial charge is 0.229 e. The maximum absolute atomic E-state index is 12.6. The quantitative estimate of drug-likeness (QED) is 0.737. The van der Waals surface area contributed by atoms with Crippen LogP contribution in [0.25, 0.3) is 5.82 Å². The van der Waals surface area contributed by atoms with E-state index in [4.69, 9.17) is 4.74 Å². The summed E-state index contributed by atoms with van der Waals surface area (Å²) in [5.41, 5.74) is 1.31. The number of benzene rings is 1. The van der Waals surface area contributed by atoms with E-state index in [1.165, 1.54) is 0 Å². The van der Waals surface area contributed by atoms with Gasteiger partial charge in [0.2, 0.25) is 11.8 Å². The van der Waals surface area contributed by atoms with Crippen LogP contribution < -0.4 is 15.0 Å². The molecule has 4 rings (SSSR count). The lowest BCUT2D eigenvalue weighted by Crippen LogP contribution is -2.28. The van der Waals surface area contributed by atoms with Gasteiger partial charge in [-0.15, -0.1) is 0 Å². The van der Waals surface area contributed by atoms with E-state index in [0.29, 0.717) is 23.8 Å². The summed E-state index contributed by atoms with van der Waals surface area (Å²) in [7, 11) is 1.58. The molecule has 0 radical (unpaired) electrons. The van der Waals surface area contributed by atoms with Gasteiger partial charge in [-0.2, -0.15) is 0 Å². The molecule has 1 aromatic carbocycles. The normalized spacial score (nSPS) is 16.2. The summed E-state index contributed by atoms with van der Waals surface area (Å²) in [6, 6.07) is 10.8. The summed E-state index contributed by atoms with van der Waals surface area (Å²) in [4.78, 5) is 34.9. The summed E-state index contributed by atoms with van der Waals surface area (Å²) in [6.45, 7) is 0.332. The van der Waals surface area contributed by atoms with Gasteiger partial charge in [0, 0.05) is 37.1 Å². The van der Waals surface area contributed by atoms with Crippen molar-refractivity contribution < 1.29 is 14.3 Å². The van der Waals surface area contributed by atoms with Crippen LogP contribution in [0, 0.1) is 5.92 Å². The van der Waals surface area contributed by atoms with E-state index in [-0.39, 0.29) is 18.2 Å². The Kier molecular flexibility index (Phi) is 4.76. The summed E-state index contributed by atoms with van der Waals surface area (Å²) < 4.78 is 6.98. The van der Waals surface area contributed by atoms with E-state index >= 15 is 0 Å². The zero-order valence-corrected chi connectivity index (χ0v) is 15.3. The minimum absolute atomic E-state index is 0.0815. The van der Waals surface area contributed by atoms with Crippen molar-refractivity contribution in [1.29, 1.82) is 0 Å². The molecule has 2 amide bonds. The minimum Gasteiger partial charge on any atom is -0.497 e. The predicted octanol–water partition coefficient (Wildman–Crippen LogP) is 2.27. The van der Waals surface area contributed by atoms with Crippen LogP contribution in [0.4, 0.5) is 11.4 Å². The Morgan fingerprint density at radius 2 is 2.18 bits per heavy atom. The molecule has 1 fully saturated rings. The zero-order chi connectivity index (χ0) is 19.5. The van der Waals surface area contributed by atoms with Crippen LogP contribution in [0.2, 0.25) is 0 Å². The van der Waals surface area contributed by atoms with Crippen LogP contribution in [0.1, 0.15) is 6.42 Å². The number of rotatable bonds is 5. The van der Waals surface area contributed by atoms with Gasteiger partial charge in [0.05, 0.1) is 24.9 Å². The van der Waals surface area contributed by atoms with Crippen LogP contribution in [0.5, 0.6) is 5.75 Å². The number of carbonyl (C=O) groups excluding carboxylic acids is 2. The SMILES string of the molecule is COc1cccc(N2CC(C(=O)Nc3ccc(-n4ccnc4)nc3)CC2=O)c1. The molecule has 0 aliphatic carbocycles. The molecule has 3 heterocycles. The van der Waals surface area contributed by atoms with Crippen molar-refractivity contribution in [3.8, 4) is 11.6 Å². The average molecular weight is 377 g/mol. The molecule has 1 aliphatic rings. The van der Waals surface area contributed by atoms with E-state index in [2.05, 4.69) is 15.3 Å². The fraction of sp³-hybridized carbons (Fsp3) is 0.200.